The number of nitrogens with two attached hydrogens (primary N) is 1. The van der Waals surface area contributed by atoms with Crippen LogP contribution in [-0.2, 0) is 0 Å². The SMILES string of the molecule is CCCOc1ccc(OC(CN)c2ccncc2)cc1. The summed E-state index contributed by atoms with van der Waals surface area (Å²) in [7, 11) is 0. The van der Waals surface area contributed by atoms with Crippen molar-refractivity contribution in [2.45, 2.75) is 19.4 Å². The first-order chi connectivity index (χ1) is 9.83. The molecule has 0 radical (unpaired) electrons. The zero-order valence-electron chi connectivity index (χ0n) is 11.7. The molecule has 0 fully saturated rings. The van der Waals surface area contributed by atoms with Crippen molar-refractivity contribution in [1.29, 1.82) is 0 Å². The van der Waals surface area contributed by atoms with Crippen molar-refractivity contribution in [3.8, 4) is 11.5 Å². The lowest BCUT2D eigenvalue weighted by Gasteiger charge is -2.17. The quantitative estimate of drug-likeness (QED) is 0.842. The van der Waals surface area contributed by atoms with Crippen LogP contribution in [0.2, 0.25) is 0 Å². The van der Waals surface area contributed by atoms with Gasteiger partial charge in [-0.05, 0) is 48.4 Å². The summed E-state index contributed by atoms with van der Waals surface area (Å²) < 4.78 is 11.4. The van der Waals surface area contributed by atoms with E-state index in [4.69, 9.17) is 15.2 Å². The van der Waals surface area contributed by atoms with Gasteiger partial charge in [0.25, 0.3) is 0 Å². The highest BCUT2D eigenvalue weighted by molar-refractivity contribution is 5.32. The number of benzene rings is 1. The molecule has 1 aromatic heterocycles. The molecule has 0 spiro atoms. The van der Waals surface area contributed by atoms with Crippen molar-refractivity contribution < 1.29 is 9.47 Å². The topological polar surface area (TPSA) is 57.4 Å². The lowest BCUT2D eigenvalue weighted by atomic mass is 10.1. The van der Waals surface area contributed by atoms with Crippen molar-refractivity contribution in [2.75, 3.05) is 13.2 Å². The molecule has 2 N–H and O–H groups in total. The zero-order chi connectivity index (χ0) is 14.2. The molecule has 4 heteroatoms. The van der Waals surface area contributed by atoms with E-state index >= 15 is 0 Å². The van der Waals surface area contributed by atoms with Crippen molar-refractivity contribution in [3.05, 3.63) is 54.4 Å². The van der Waals surface area contributed by atoms with Gasteiger partial charge in [-0.3, -0.25) is 4.98 Å². The molecule has 20 heavy (non-hydrogen) atoms. The molecule has 4 nitrogen and oxygen atoms in total. The molecule has 1 aromatic carbocycles. The Morgan fingerprint density at radius 1 is 1.05 bits per heavy atom. The van der Waals surface area contributed by atoms with Crippen LogP contribution >= 0.6 is 0 Å². The fourth-order valence-electron chi connectivity index (χ4n) is 1.83. The van der Waals surface area contributed by atoms with E-state index in [2.05, 4.69) is 11.9 Å². The van der Waals surface area contributed by atoms with Gasteiger partial charge in [0, 0.05) is 18.9 Å². The Balaban J connectivity index is 2.01. The Labute approximate surface area is 119 Å². The molecular weight excluding hydrogens is 252 g/mol. The molecule has 1 atom stereocenters. The predicted octanol–water partition coefficient (Wildman–Crippen LogP) is 2.95. The molecule has 0 aliphatic carbocycles. The molecular formula is C16H20N2O2. The molecule has 2 aromatic rings. The van der Waals surface area contributed by atoms with Crippen LogP contribution in [0, 0.1) is 0 Å². The number of nitrogens with zero attached hydrogens (tertiary/aromatic N) is 1. The standard InChI is InChI=1S/C16H20N2O2/c1-2-11-19-14-3-5-15(6-4-14)20-16(12-17)13-7-9-18-10-8-13/h3-10,16H,2,11-12,17H2,1H3. The Kier molecular flexibility index (Phi) is 5.38. The Morgan fingerprint density at radius 2 is 1.70 bits per heavy atom. The average molecular weight is 272 g/mol. The maximum atomic E-state index is 5.90. The Bertz CT molecular complexity index is 500. The van der Waals surface area contributed by atoms with Gasteiger partial charge in [-0.2, -0.15) is 0 Å². The first-order valence-electron chi connectivity index (χ1n) is 6.83. The van der Waals surface area contributed by atoms with Gasteiger partial charge in [-0.1, -0.05) is 6.92 Å². The molecule has 0 amide bonds. The fourth-order valence-corrected chi connectivity index (χ4v) is 1.83. The van der Waals surface area contributed by atoms with Gasteiger partial charge in [0.1, 0.15) is 17.6 Å². The molecule has 1 unspecified atom stereocenters. The predicted molar refractivity (Wildman–Crippen MR) is 78.9 cm³/mol. The second-order valence-corrected chi connectivity index (χ2v) is 4.44. The first kappa shape index (κ1) is 14.3. The number of pyridine rings is 1. The zero-order valence-corrected chi connectivity index (χ0v) is 11.7. The van der Waals surface area contributed by atoms with E-state index in [-0.39, 0.29) is 6.10 Å². The summed E-state index contributed by atoms with van der Waals surface area (Å²) >= 11 is 0. The average Bonchev–Trinajstić information content (AvgIpc) is 2.52. The van der Waals surface area contributed by atoms with Gasteiger partial charge in [-0.25, -0.2) is 0 Å². The minimum Gasteiger partial charge on any atom is -0.494 e. The number of ether oxygens (including phenoxy) is 2. The molecule has 0 saturated carbocycles. The lowest BCUT2D eigenvalue weighted by molar-refractivity contribution is 0.213. The maximum Gasteiger partial charge on any atom is 0.136 e. The number of rotatable bonds is 7. The number of aromatic nitrogens is 1. The van der Waals surface area contributed by atoms with Crippen LogP contribution in [0.25, 0.3) is 0 Å². The van der Waals surface area contributed by atoms with Gasteiger partial charge in [-0.15, -0.1) is 0 Å². The molecule has 0 aliphatic heterocycles. The van der Waals surface area contributed by atoms with Crippen LogP contribution in [-0.4, -0.2) is 18.1 Å². The smallest absolute Gasteiger partial charge is 0.136 e. The molecule has 0 aliphatic rings. The first-order valence-corrected chi connectivity index (χ1v) is 6.83. The van der Waals surface area contributed by atoms with Gasteiger partial charge in [0.05, 0.1) is 6.61 Å². The van der Waals surface area contributed by atoms with E-state index in [1.165, 1.54) is 0 Å². The van der Waals surface area contributed by atoms with E-state index in [0.717, 1.165) is 30.1 Å². The van der Waals surface area contributed by atoms with Crippen molar-refractivity contribution in [3.63, 3.8) is 0 Å². The third kappa shape index (κ3) is 3.96. The Hall–Kier alpha value is -2.07. The van der Waals surface area contributed by atoms with Crippen LogP contribution in [0.4, 0.5) is 0 Å². The summed E-state index contributed by atoms with van der Waals surface area (Å²) in [5.41, 5.74) is 6.80. The normalized spacial score (nSPS) is 11.9. The molecule has 0 bridgehead atoms. The van der Waals surface area contributed by atoms with E-state index in [1.807, 2.05) is 36.4 Å². The number of hydrogen-bond donors (Lipinski definition) is 1. The molecule has 2 rings (SSSR count). The second kappa shape index (κ2) is 7.50. The molecule has 0 saturated heterocycles. The summed E-state index contributed by atoms with van der Waals surface area (Å²) in [6.07, 6.45) is 4.31. The van der Waals surface area contributed by atoms with Crippen molar-refractivity contribution in [2.24, 2.45) is 5.73 Å². The highest BCUT2D eigenvalue weighted by Crippen LogP contribution is 2.23. The molecule has 106 valence electrons. The van der Waals surface area contributed by atoms with Gasteiger partial charge in [0.2, 0.25) is 0 Å². The highest BCUT2D eigenvalue weighted by Gasteiger charge is 2.11. The minimum atomic E-state index is -0.166. The van der Waals surface area contributed by atoms with Crippen molar-refractivity contribution in [1.82, 2.24) is 4.98 Å². The monoisotopic (exact) mass is 272 g/mol. The van der Waals surface area contributed by atoms with E-state index < -0.39 is 0 Å². The van der Waals surface area contributed by atoms with Crippen LogP contribution < -0.4 is 15.2 Å². The summed E-state index contributed by atoms with van der Waals surface area (Å²) in [6.45, 7) is 3.22. The van der Waals surface area contributed by atoms with E-state index in [1.54, 1.807) is 12.4 Å². The minimum absolute atomic E-state index is 0.166. The molecule has 1 heterocycles. The lowest BCUT2D eigenvalue weighted by Crippen LogP contribution is -2.18. The van der Waals surface area contributed by atoms with Crippen LogP contribution in [0.15, 0.2) is 48.8 Å². The largest absolute Gasteiger partial charge is 0.494 e. The summed E-state index contributed by atoms with van der Waals surface area (Å²) in [6, 6.07) is 11.4. The van der Waals surface area contributed by atoms with Crippen LogP contribution in [0.1, 0.15) is 25.0 Å². The summed E-state index contributed by atoms with van der Waals surface area (Å²) in [5, 5.41) is 0. The fraction of sp³-hybridized carbons (Fsp3) is 0.312. The van der Waals surface area contributed by atoms with E-state index in [9.17, 15) is 0 Å². The van der Waals surface area contributed by atoms with Crippen LogP contribution in [0.3, 0.4) is 0 Å². The maximum absolute atomic E-state index is 5.90. The highest BCUT2D eigenvalue weighted by atomic mass is 16.5. The van der Waals surface area contributed by atoms with Crippen molar-refractivity contribution >= 4 is 0 Å². The Morgan fingerprint density at radius 3 is 2.30 bits per heavy atom. The third-order valence-corrected chi connectivity index (χ3v) is 2.87. The number of hydrogen-bond acceptors (Lipinski definition) is 4. The van der Waals surface area contributed by atoms with Gasteiger partial charge >= 0.3 is 0 Å². The van der Waals surface area contributed by atoms with E-state index in [0.29, 0.717) is 6.54 Å². The summed E-state index contributed by atoms with van der Waals surface area (Å²) in [5.74, 6) is 1.63. The summed E-state index contributed by atoms with van der Waals surface area (Å²) in [4.78, 5) is 4.00. The second-order valence-electron chi connectivity index (χ2n) is 4.44. The third-order valence-electron chi connectivity index (χ3n) is 2.87. The van der Waals surface area contributed by atoms with Gasteiger partial charge in [0.15, 0.2) is 0 Å². The van der Waals surface area contributed by atoms with Gasteiger partial charge < -0.3 is 15.2 Å². The van der Waals surface area contributed by atoms with Crippen LogP contribution in [0.5, 0.6) is 11.5 Å².